The summed E-state index contributed by atoms with van der Waals surface area (Å²) < 4.78 is 11.4. The Labute approximate surface area is 435 Å². The van der Waals surface area contributed by atoms with Crippen molar-refractivity contribution in [1.29, 1.82) is 0 Å². The molecule has 0 atom stereocenters. The van der Waals surface area contributed by atoms with Crippen LogP contribution in [-0.4, -0.2) is 24.1 Å². The van der Waals surface area contributed by atoms with E-state index >= 15 is 0 Å². The van der Waals surface area contributed by atoms with E-state index in [1.807, 2.05) is 32.0 Å². The van der Waals surface area contributed by atoms with Gasteiger partial charge in [-0.2, -0.15) is 0 Å². The zero-order valence-corrected chi connectivity index (χ0v) is 44.3. The van der Waals surface area contributed by atoms with Gasteiger partial charge in [0.2, 0.25) is 0 Å². The van der Waals surface area contributed by atoms with Crippen molar-refractivity contribution in [3.8, 4) is 56.4 Å². The van der Waals surface area contributed by atoms with Crippen molar-refractivity contribution in [3.63, 3.8) is 0 Å². The number of pyridine rings is 1. The summed E-state index contributed by atoms with van der Waals surface area (Å²) in [6.07, 6.45) is 0. The van der Waals surface area contributed by atoms with Gasteiger partial charge in [0.25, 0.3) is 0 Å². The Morgan fingerprint density at radius 1 is 0.486 bits per heavy atom. The molecule has 72 heavy (non-hydrogen) atoms. The molecule has 0 saturated carbocycles. The predicted molar refractivity (Wildman–Crippen MR) is 294 cm³/mol. The fourth-order valence-electron chi connectivity index (χ4n) is 10.2. The summed E-state index contributed by atoms with van der Waals surface area (Å²) in [6.45, 7) is 17.4. The molecule has 4 aromatic heterocycles. The van der Waals surface area contributed by atoms with Crippen molar-refractivity contribution in [2.24, 2.45) is 0 Å². The van der Waals surface area contributed by atoms with E-state index in [9.17, 15) is 0 Å². The van der Waals surface area contributed by atoms with Gasteiger partial charge in [-0.15, -0.1) is 35.9 Å². The van der Waals surface area contributed by atoms with E-state index in [0.717, 1.165) is 83.7 Å². The van der Waals surface area contributed by atoms with E-state index in [-0.39, 0.29) is 31.9 Å². The number of fused-ring (bicyclic) bond motifs is 5. The first-order chi connectivity index (χ1) is 34.5. The van der Waals surface area contributed by atoms with Crippen molar-refractivity contribution in [3.05, 3.63) is 222 Å². The molecule has 6 nitrogen and oxygen atoms in total. The van der Waals surface area contributed by atoms with Crippen LogP contribution in [0.25, 0.3) is 100 Å². The molecule has 8 aromatic carbocycles. The number of rotatable bonds is 8. The number of furan rings is 1. The summed E-state index contributed by atoms with van der Waals surface area (Å²) in [6, 6.07) is 68.6. The molecule has 0 spiro atoms. The molecule has 0 unspecified atom stereocenters. The van der Waals surface area contributed by atoms with Gasteiger partial charge in [0.15, 0.2) is 0 Å². The number of hydrogen-bond donors (Lipinski definition) is 0. The van der Waals surface area contributed by atoms with E-state index in [0.29, 0.717) is 0 Å². The van der Waals surface area contributed by atoms with Crippen LogP contribution < -0.4 is 0 Å². The number of benzene rings is 8. The minimum absolute atomic E-state index is 0. The van der Waals surface area contributed by atoms with Gasteiger partial charge < -0.3 is 13.6 Å². The van der Waals surface area contributed by atoms with E-state index in [2.05, 4.69) is 226 Å². The molecule has 1 radical (unpaired) electrons. The molecule has 0 fully saturated rings. The van der Waals surface area contributed by atoms with Gasteiger partial charge in [-0.3, -0.25) is 15.0 Å². The molecule has 0 amide bonds. The van der Waals surface area contributed by atoms with Gasteiger partial charge >= 0.3 is 0 Å². The smallest absolute Gasteiger partial charge is 0.121 e. The van der Waals surface area contributed by atoms with Crippen LogP contribution in [0.3, 0.4) is 0 Å². The van der Waals surface area contributed by atoms with Crippen LogP contribution in [0.4, 0.5) is 0 Å². The van der Waals surface area contributed by atoms with Gasteiger partial charge in [-0.1, -0.05) is 154 Å². The quantitative estimate of drug-likeness (QED) is 0.142. The summed E-state index contributed by atoms with van der Waals surface area (Å²) in [5.74, 6) is 2.32. The van der Waals surface area contributed by atoms with Crippen LogP contribution in [0.15, 0.2) is 180 Å². The summed E-state index contributed by atoms with van der Waals surface area (Å²) >= 11 is 0. The monoisotopic (exact) mass is 1110 g/mol. The Morgan fingerprint density at radius 2 is 1.04 bits per heavy atom. The summed E-state index contributed by atoms with van der Waals surface area (Å²) in [5.41, 5.74) is 21.7. The first kappa shape index (κ1) is 48.0. The van der Waals surface area contributed by atoms with Crippen LogP contribution in [0, 0.1) is 39.8 Å². The fraction of sp³-hybridized carbons (Fsp3) is 0.154. The SMILES string of the molecule is CC(C)c1cc(-c2ccccc2)cc(C(C)C)c1-n1c(-c2[c-]ccc3c2oc2cc(-c4ccccc4)ccc23)nc2ccccc21.Cc1[c-]c(-c2nc3ccccc3n2-c2c(C)cccc2C)cc(C)n1.[Ir]. The number of imidazole rings is 2. The van der Waals surface area contributed by atoms with Gasteiger partial charge in [-0.25, -0.2) is 0 Å². The number of para-hydroxylation sites is 5. The zero-order chi connectivity index (χ0) is 48.9. The van der Waals surface area contributed by atoms with Crippen LogP contribution in [0.1, 0.15) is 73.2 Å². The van der Waals surface area contributed by atoms with Crippen LogP contribution in [0.5, 0.6) is 0 Å². The zero-order valence-electron chi connectivity index (χ0n) is 41.9. The molecule has 12 aromatic rings. The van der Waals surface area contributed by atoms with Gasteiger partial charge in [0.05, 0.1) is 33.5 Å². The standard InChI is InChI=1S/C43H35N2O.C22H20N3.Ir/c1-27(2)36-24-32(30-16-9-6-10-17-30)25-37(28(3)4)41(36)45-39-21-12-11-20-38(39)44-43(45)35-19-13-18-34-33-23-22-31(26-40(33)46-42(34)35)29-14-7-5-8-15-29;1-14-8-7-9-15(2)21(14)25-20-11-6-5-10-19(20)24-22(25)18-12-16(3)23-17(4)13-18;/h5-18,20-28H,1-4H3;5-12H,1-4H3;/q2*-1;. The molecule has 4 heterocycles. The first-order valence-corrected chi connectivity index (χ1v) is 24.6. The third kappa shape index (κ3) is 8.78. The Balaban J connectivity index is 0.000000194. The van der Waals surface area contributed by atoms with Crippen LogP contribution in [-0.2, 0) is 20.1 Å². The Bertz CT molecular complexity index is 3870. The average Bonchev–Trinajstić information content (AvgIpc) is 4.08. The minimum atomic E-state index is 0. The van der Waals surface area contributed by atoms with Crippen molar-refractivity contribution in [2.75, 3.05) is 0 Å². The average molecular weight is 1110 g/mol. The summed E-state index contributed by atoms with van der Waals surface area (Å²) in [4.78, 5) is 14.7. The van der Waals surface area contributed by atoms with Gasteiger partial charge in [0, 0.05) is 42.7 Å². The molecule has 7 heteroatoms. The number of aromatic nitrogens is 5. The molecule has 0 aliphatic heterocycles. The van der Waals surface area contributed by atoms with Crippen molar-refractivity contribution >= 4 is 44.0 Å². The Kier molecular flexibility index (Phi) is 13.2. The third-order valence-corrected chi connectivity index (χ3v) is 13.5. The molecule has 0 bridgehead atoms. The Morgan fingerprint density at radius 3 is 1.64 bits per heavy atom. The van der Waals surface area contributed by atoms with Gasteiger partial charge in [0.1, 0.15) is 5.58 Å². The fourth-order valence-corrected chi connectivity index (χ4v) is 10.2. The number of nitrogens with zero attached hydrogens (tertiary/aromatic N) is 5. The molecule has 0 N–H and O–H groups in total. The van der Waals surface area contributed by atoms with Crippen molar-refractivity contribution in [2.45, 2.75) is 67.2 Å². The van der Waals surface area contributed by atoms with Crippen LogP contribution >= 0.6 is 0 Å². The maximum absolute atomic E-state index is 6.73. The topological polar surface area (TPSA) is 61.7 Å². The maximum Gasteiger partial charge on any atom is 0.121 e. The number of hydrogen-bond acceptors (Lipinski definition) is 4. The normalized spacial score (nSPS) is 11.5. The molecule has 12 rings (SSSR count). The van der Waals surface area contributed by atoms with E-state index in [1.165, 1.54) is 50.3 Å². The molecule has 0 aliphatic carbocycles. The van der Waals surface area contributed by atoms with Crippen molar-refractivity contribution in [1.82, 2.24) is 24.1 Å². The molecular formula is C65H55IrN5O-2. The second-order valence-corrected chi connectivity index (χ2v) is 19.2. The first-order valence-electron chi connectivity index (χ1n) is 24.6. The largest absolute Gasteiger partial charge is 0.501 e. The second kappa shape index (κ2) is 19.8. The van der Waals surface area contributed by atoms with E-state index in [1.54, 1.807) is 0 Å². The minimum Gasteiger partial charge on any atom is -0.501 e. The van der Waals surface area contributed by atoms with Crippen molar-refractivity contribution < 1.29 is 24.5 Å². The molecule has 357 valence electrons. The van der Waals surface area contributed by atoms with E-state index < -0.39 is 0 Å². The van der Waals surface area contributed by atoms with E-state index in [4.69, 9.17) is 14.4 Å². The molecule has 0 saturated heterocycles. The molecular weight excluding hydrogens is 1060 g/mol. The van der Waals surface area contributed by atoms with Gasteiger partial charge in [-0.05, 0) is 138 Å². The Hall–Kier alpha value is -7.70. The third-order valence-electron chi connectivity index (χ3n) is 13.5. The number of aryl methyl sites for hydroxylation is 4. The predicted octanol–water partition coefficient (Wildman–Crippen LogP) is 17.1. The van der Waals surface area contributed by atoms with Crippen LogP contribution in [0.2, 0.25) is 0 Å². The maximum atomic E-state index is 6.73. The summed E-state index contributed by atoms with van der Waals surface area (Å²) in [5, 5.41) is 2.15. The summed E-state index contributed by atoms with van der Waals surface area (Å²) in [7, 11) is 0. The molecule has 0 aliphatic rings. The second-order valence-electron chi connectivity index (χ2n) is 19.2.